The molecule has 66 valence electrons. The molecule has 0 atom stereocenters. The lowest BCUT2D eigenvalue weighted by Crippen LogP contribution is -2.01. The smallest absolute Gasteiger partial charge is 0.142 e. The van der Waals surface area contributed by atoms with E-state index in [1.165, 1.54) is 17.8 Å². The maximum atomic E-state index is 5.40. The lowest BCUT2D eigenvalue weighted by Gasteiger charge is -1.89. The Balaban J connectivity index is 1.93. The molecule has 1 saturated carbocycles. The molecular weight excluding hydrogens is 170 g/mol. The van der Waals surface area contributed by atoms with Crippen LogP contribution in [0.5, 0.6) is 0 Å². The standard InChI is InChI=1S/C8H13N3S/c9-5-1-2-7-10-8(12-11-7)6-3-4-6/h6H,1-5,9H2. The van der Waals surface area contributed by atoms with Crippen LogP contribution in [0, 0.1) is 0 Å². The summed E-state index contributed by atoms with van der Waals surface area (Å²) in [5.41, 5.74) is 5.40. The maximum absolute atomic E-state index is 5.40. The molecule has 1 fully saturated rings. The van der Waals surface area contributed by atoms with Crippen LogP contribution in [0.25, 0.3) is 0 Å². The third kappa shape index (κ3) is 1.81. The van der Waals surface area contributed by atoms with E-state index in [4.69, 9.17) is 5.73 Å². The fraction of sp³-hybridized carbons (Fsp3) is 0.750. The largest absolute Gasteiger partial charge is 0.330 e. The molecule has 1 aliphatic rings. The highest BCUT2D eigenvalue weighted by Gasteiger charge is 2.27. The normalized spacial score (nSPS) is 16.8. The first kappa shape index (κ1) is 8.13. The summed E-state index contributed by atoms with van der Waals surface area (Å²) >= 11 is 1.57. The van der Waals surface area contributed by atoms with Crippen molar-refractivity contribution in [3.05, 3.63) is 10.8 Å². The van der Waals surface area contributed by atoms with Gasteiger partial charge in [-0.1, -0.05) is 0 Å². The first-order valence-electron chi connectivity index (χ1n) is 4.42. The first-order chi connectivity index (χ1) is 5.90. The average molecular weight is 183 g/mol. The molecule has 4 heteroatoms. The lowest BCUT2D eigenvalue weighted by molar-refractivity contribution is 0.791. The highest BCUT2D eigenvalue weighted by Crippen LogP contribution is 2.40. The van der Waals surface area contributed by atoms with Gasteiger partial charge in [0.05, 0.1) is 0 Å². The van der Waals surface area contributed by atoms with Crippen molar-refractivity contribution in [3.63, 3.8) is 0 Å². The number of hydrogen-bond donors (Lipinski definition) is 1. The number of nitrogens with zero attached hydrogens (tertiary/aromatic N) is 2. The number of nitrogens with two attached hydrogens (primary N) is 1. The van der Waals surface area contributed by atoms with Crippen LogP contribution in [-0.2, 0) is 6.42 Å². The quantitative estimate of drug-likeness (QED) is 0.765. The third-order valence-electron chi connectivity index (χ3n) is 2.01. The average Bonchev–Trinajstić information content (AvgIpc) is 2.83. The molecule has 0 unspecified atom stereocenters. The van der Waals surface area contributed by atoms with Gasteiger partial charge < -0.3 is 5.73 Å². The van der Waals surface area contributed by atoms with Crippen LogP contribution in [0.15, 0.2) is 0 Å². The van der Waals surface area contributed by atoms with Crippen LogP contribution in [-0.4, -0.2) is 15.9 Å². The summed E-state index contributed by atoms with van der Waals surface area (Å²) in [6, 6.07) is 0. The van der Waals surface area contributed by atoms with Gasteiger partial charge in [0.15, 0.2) is 0 Å². The molecule has 0 aliphatic heterocycles. The fourth-order valence-electron chi connectivity index (χ4n) is 1.13. The third-order valence-corrected chi connectivity index (χ3v) is 2.93. The molecule has 1 aromatic heterocycles. The molecular formula is C8H13N3S. The molecule has 1 aliphatic carbocycles. The van der Waals surface area contributed by atoms with Gasteiger partial charge in [-0.2, -0.15) is 4.37 Å². The zero-order valence-electron chi connectivity index (χ0n) is 6.99. The summed E-state index contributed by atoms with van der Waals surface area (Å²) < 4.78 is 4.29. The minimum Gasteiger partial charge on any atom is -0.330 e. The van der Waals surface area contributed by atoms with Gasteiger partial charge in [0.1, 0.15) is 10.8 Å². The highest BCUT2D eigenvalue weighted by molar-refractivity contribution is 7.05. The first-order valence-corrected chi connectivity index (χ1v) is 5.20. The van der Waals surface area contributed by atoms with E-state index in [1.807, 2.05) is 0 Å². The van der Waals surface area contributed by atoms with Gasteiger partial charge >= 0.3 is 0 Å². The van der Waals surface area contributed by atoms with Gasteiger partial charge in [-0.15, -0.1) is 0 Å². The van der Waals surface area contributed by atoms with Gasteiger partial charge in [0.25, 0.3) is 0 Å². The van der Waals surface area contributed by atoms with Crippen LogP contribution in [0.3, 0.4) is 0 Å². The summed E-state index contributed by atoms with van der Waals surface area (Å²) in [5, 5.41) is 1.24. The molecule has 2 N–H and O–H groups in total. The van der Waals surface area contributed by atoms with Gasteiger partial charge in [-0.05, 0) is 37.3 Å². The SMILES string of the molecule is NCCCc1nsc(C2CC2)n1. The molecule has 3 nitrogen and oxygen atoms in total. The van der Waals surface area contributed by atoms with Crippen molar-refractivity contribution < 1.29 is 0 Å². The Morgan fingerprint density at radius 2 is 2.33 bits per heavy atom. The lowest BCUT2D eigenvalue weighted by atomic mass is 10.3. The fourth-order valence-corrected chi connectivity index (χ4v) is 1.99. The van der Waals surface area contributed by atoms with Crippen LogP contribution >= 0.6 is 11.5 Å². The number of aryl methyl sites for hydroxylation is 1. The van der Waals surface area contributed by atoms with Crippen molar-refractivity contribution >= 4 is 11.5 Å². The predicted molar refractivity (Wildman–Crippen MR) is 49.3 cm³/mol. The molecule has 0 amide bonds. The molecule has 0 saturated heterocycles. The van der Waals surface area contributed by atoms with Gasteiger partial charge in [0.2, 0.25) is 0 Å². The van der Waals surface area contributed by atoms with E-state index < -0.39 is 0 Å². The molecule has 2 rings (SSSR count). The van der Waals surface area contributed by atoms with Crippen molar-refractivity contribution in [3.8, 4) is 0 Å². The van der Waals surface area contributed by atoms with Crippen molar-refractivity contribution in [1.29, 1.82) is 0 Å². The van der Waals surface area contributed by atoms with Crippen molar-refractivity contribution in [1.82, 2.24) is 9.36 Å². The Morgan fingerprint density at radius 3 is 3.00 bits per heavy atom. The summed E-state index contributed by atoms with van der Waals surface area (Å²) in [6.45, 7) is 0.734. The van der Waals surface area contributed by atoms with Crippen LogP contribution in [0.4, 0.5) is 0 Å². The van der Waals surface area contributed by atoms with Crippen molar-refractivity contribution in [2.24, 2.45) is 5.73 Å². The van der Waals surface area contributed by atoms with E-state index in [1.54, 1.807) is 11.5 Å². The van der Waals surface area contributed by atoms with Crippen molar-refractivity contribution in [2.45, 2.75) is 31.6 Å². The van der Waals surface area contributed by atoms with Crippen LogP contribution in [0.1, 0.15) is 36.0 Å². The second-order valence-corrected chi connectivity index (χ2v) is 4.00. The van der Waals surface area contributed by atoms with Crippen LogP contribution < -0.4 is 5.73 Å². The maximum Gasteiger partial charge on any atom is 0.142 e. The Morgan fingerprint density at radius 1 is 1.50 bits per heavy atom. The summed E-state index contributed by atoms with van der Waals surface area (Å²) in [5.74, 6) is 1.74. The molecule has 0 radical (unpaired) electrons. The molecule has 1 heterocycles. The van der Waals surface area contributed by atoms with E-state index in [-0.39, 0.29) is 0 Å². The minimum atomic E-state index is 0.734. The highest BCUT2D eigenvalue weighted by atomic mass is 32.1. The second kappa shape index (κ2) is 3.49. The number of hydrogen-bond acceptors (Lipinski definition) is 4. The zero-order chi connectivity index (χ0) is 8.39. The van der Waals surface area contributed by atoms with E-state index in [0.717, 1.165) is 31.1 Å². The molecule has 1 aromatic rings. The second-order valence-electron chi connectivity index (χ2n) is 3.22. The van der Waals surface area contributed by atoms with Gasteiger partial charge in [-0.3, -0.25) is 0 Å². The topological polar surface area (TPSA) is 51.8 Å². The van der Waals surface area contributed by atoms with Gasteiger partial charge in [-0.25, -0.2) is 4.98 Å². The van der Waals surface area contributed by atoms with Crippen LogP contribution in [0.2, 0.25) is 0 Å². The monoisotopic (exact) mass is 183 g/mol. The Hall–Kier alpha value is -0.480. The van der Waals surface area contributed by atoms with E-state index in [9.17, 15) is 0 Å². The predicted octanol–water partition coefficient (Wildman–Crippen LogP) is 1.31. The molecule has 0 aromatic carbocycles. The molecule has 0 spiro atoms. The minimum absolute atomic E-state index is 0.734. The van der Waals surface area contributed by atoms with E-state index >= 15 is 0 Å². The Labute approximate surface area is 76.2 Å². The Bertz CT molecular complexity index is 255. The van der Waals surface area contributed by atoms with E-state index in [0.29, 0.717) is 0 Å². The zero-order valence-corrected chi connectivity index (χ0v) is 7.81. The summed E-state index contributed by atoms with van der Waals surface area (Å²) in [4.78, 5) is 4.46. The van der Waals surface area contributed by atoms with E-state index in [2.05, 4.69) is 9.36 Å². The molecule has 12 heavy (non-hydrogen) atoms. The summed E-state index contributed by atoms with van der Waals surface area (Å²) in [7, 11) is 0. The van der Waals surface area contributed by atoms with Gasteiger partial charge in [0, 0.05) is 12.3 Å². The Kier molecular flexibility index (Phi) is 2.37. The molecule has 0 bridgehead atoms. The number of aromatic nitrogens is 2. The van der Waals surface area contributed by atoms with Crippen molar-refractivity contribution in [2.75, 3.05) is 6.54 Å². The summed E-state index contributed by atoms with van der Waals surface area (Å²) in [6.07, 6.45) is 4.57. The number of rotatable bonds is 4.